The zero-order chi connectivity index (χ0) is 12.3. The summed E-state index contributed by atoms with van der Waals surface area (Å²) in [6.07, 6.45) is 9.65. The molecule has 17 heavy (non-hydrogen) atoms. The molecule has 0 spiro atoms. The van der Waals surface area contributed by atoms with Gasteiger partial charge < -0.3 is 15.0 Å². The van der Waals surface area contributed by atoms with Gasteiger partial charge in [-0.25, -0.2) is 0 Å². The molecule has 2 aliphatic rings. The lowest BCUT2D eigenvalue weighted by Crippen LogP contribution is -2.48. The van der Waals surface area contributed by atoms with Crippen LogP contribution in [0.3, 0.4) is 0 Å². The second-order valence-corrected chi connectivity index (χ2v) is 5.90. The first kappa shape index (κ1) is 12.9. The molecule has 0 aromatic heterocycles. The van der Waals surface area contributed by atoms with Crippen molar-refractivity contribution in [3.8, 4) is 0 Å². The first-order chi connectivity index (χ1) is 8.12. The van der Waals surface area contributed by atoms with Gasteiger partial charge in [-0.3, -0.25) is 0 Å². The number of aliphatic hydroxyl groups is 1. The zero-order valence-corrected chi connectivity index (χ0v) is 10.5. The van der Waals surface area contributed by atoms with E-state index in [2.05, 4.69) is 0 Å². The Hall–Kier alpha value is -0.570. The number of hydrogen-bond donors (Lipinski definition) is 1. The summed E-state index contributed by atoms with van der Waals surface area (Å²) in [5.74, 6) is -0.377. The summed E-state index contributed by atoms with van der Waals surface area (Å²) in [7, 11) is 0. The first-order valence-electron chi connectivity index (χ1n) is 7.04. The summed E-state index contributed by atoms with van der Waals surface area (Å²) in [6.45, 7) is 0. The molecular weight excluding hydrogens is 216 g/mol. The number of rotatable bonds is 3. The van der Waals surface area contributed by atoms with E-state index in [1.165, 1.54) is 32.1 Å². The maximum Gasteiger partial charge on any atom is 0.0730 e. The van der Waals surface area contributed by atoms with Crippen LogP contribution in [0.5, 0.6) is 0 Å². The Morgan fingerprint density at radius 1 is 1.12 bits per heavy atom. The monoisotopic (exact) mass is 239 g/mol. The average molecular weight is 239 g/mol. The van der Waals surface area contributed by atoms with Gasteiger partial charge in [0, 0.05) is 12.4 Å². The van der Waals surface area contributed by atoms with Gasteiger partial charge in [-0.15, -0.1) is 0 Å². The molecule has 0 saturated heterocycles. The minimum absolute atomic E-state index is 0.172. The Balaban J connectivity index is 2.07. The molecule has 2 unspecified atom stereocenters. The second-order valence-electron chi connectivity index (χ2n) is 5.90. The van der Waals surface area contributed by atoms with Crippen molar-refractivity contribution in [2.75, 3.05) is 0 Å². The molecule has 3 heteroatoms. The molecule has 3 nitrogen and oxygen atoms in total. The van der Waals surface area contributed by atoms with Gasteiger partial charge in [0.25, 0.3) is 0 Å². The summed E-state index contributed by atoms with van der Waals surface area (Å²) in [4.78, 5) is 10.8. The molecule has 2 rings (SSSR count). The van der Waals surface area contributed by atoms with Crippen LogP contribution in [0.2, 0.25) is 0 Å². The lowest BCUT2D eigenvalue weighted by molar-refractivity contribution is -0.311. The topological polar surface area (TPSA) is 60.4 Å². The van der Waals surface area contributed by atoms with E-state index in [1.807, 2.05) is 0 Å². The molecule has 2 saturated carbocycles. The third-order valence-electron chi connectivity index (χ3n) is 4.73. The minimum atomic E-state index is -1.10. The van der Waals surface area contributed by atoms with Crippen LogP contribution in [-0.2, 0) is 4.79 Å². The number of carboxylic acid groups (broad SMARTS) is 1. The van der Waals surface area contributed by atoms with Crippen LogP contribution in [-0.4, -0.2) is 16.7 Å². The van der Waals surface area contributed by atoms with Crippen LogP contribution in [0.4, 0.5) is 0 Å². The van der Waals surface area contributed by atoms with Crippen molar-refractivity contribution in [3.63, 3.8) is 0 Å². The van der Waals surface area contributed by atoms with E-state index < -0.39 is 11.6 Å². The molecule has 0 aliphatic heterocycles. The standard InChI is InChI=1S/C14H24O3/c15-13(16)10-14(17)9-5-4-8-12(14)11-6-2-1-3-7-11/h11-12,17H,1-10H2,(H,15,16)/p-1. The van der Waals surface area contributed by atoms with Crippen LogP contribution in [0.1, 0.15) is 64.2 Å². The number of carbonyl (C=O) groups excluding carboxylic acids is 1. The Kier molecular flexibility index (Phi) is 4.08. The van der Waals surface area contributed by atoms with Gasteiger partial charge >= 0.3 is 0 Å². The predicted molar refractivity (Wildman–Crippen MR) is 63.1 cm³/mol. The highest BCUT2D eigenvalue weighted by molar-refractivity contribution is 5.65. The molecule has 0 radical (unpaired) electrons. The van der Waals surface area contributed by atoms with E-state index in [9.17, 15) is 15.0 Å². The molecule has 0 heterocycles. The third-order valence-corrected chi connectivity index (χ3v) is 4.73. The molecule has 2 atom stereocenters. The van der Waals surface area contributed by atoms with Gasteiger partial charge in [0.15, 0.2) is 0 Å². The van der Waals surface area contributed by atoms with Crippen molar-refractivity contribution in [2.24, 2.45) is 11.8 Å². The third kappa shape index (κ3) is 3.01. The van der Waals surface area contributed by atoms with Crippen LogP contribution in [0, 0.1) is 11.8 Å². The van der Waals surface area contributed by atoms with Gasteiger partial charge in [-0.05, 0) is 24.7 Å². The van der Waals surface area contributed by atoms with E-state index in [0.29, 0.717) is 12.3 Å². The summed E-state index contributed by atoms with van der Waals surface area (Å²) in [5.41, 5.74) is -0.987. The van der Waals surface area contributed by atoms with Gasteiger partial charge in [0.2, 0.25) is 0 Å². The van der Waals surface area contributed by atoms with Crippen LogP contribution < -0.4 is 5.11 Å². The molecule has 0 amide bonds. The van der Waals surface area contributed by atoms with E-state index in [-0.39, 0.29) is 12.3 Å². The maximum atomic E-state index is 10.8. The Morgan fingerprint density at radius 2 is 1.76 bits per heavy atom. The van der Waals surface area contributed by atoms with Crippen molar-refractivity contribution in [1.82, 2.24) is 0 Å². The molecule has 1 N–H and O–H groups in total. The van der Waals surface area contributed by atoms with E-state index in [0.717, 1.165) is 19.3 Å². The molecule has 0 aromatic rings. The van der Waals surface area contributed by atoms with Crippen LogP contribution in [0.25, 0.3) is 0 Å². The second kappa shape index (κ2) is 5.38. The van der Waals surface area contributed by atoms with Crippen molar-refractivity contribution in [2.45, 2.75) is 69.8 Å². The normalized spacial score (nSPS) is 35.7. The SMILES string of the molecule is O=C([O-])CC1(O)CCCCC1C1CCCCC1. The fourth-order valence-corrected chi connectivity index (χ4v) is 3.93. The van der Waals surface area contributed by atoms with Crippen molar-refractivity contribution in [1.29, 1.82) is 0 Å². The van der Waals surface area contributed by atoms with Crippen molar-refractivity contribution < 1.29 is 15.0 Å². The predicted octanol–water partition coefficient (Wildman–Crippen LogP) is 1.63. The summed E-state index contributed by atoms with van der Waals surface area (Å²) < 4.78 is 0. The molecular formula is C14H23O3-. The Labute approximate surface area is 103 Å². The van der Waals surface area contributed by atoms with E-state index in [4.69, 9.17) is 0 Å². The lowest BCUT2D eigenvalue weighted by atomic mass is 9.64. The van der Waals surface area contributed by atoms with E-state index in [1.54, 1.807) is 0 Å². The maximum absolute atomic E-state index is 10.8. The molecule has 0 bridgehead atoms. The highest BCUT2D eigenvalue weighted by Crippen LogP contribution is 2.45. The van der Waals surface area contributed by atoms with Gasteiger partial charge in [-0.1, -0.05) is 44.9 Å². The molecule has 98 valence electrons. The van der Waals surface area contributed by atoms with Crippen LogP contribution >= 0.6 is 0 Å². The number of hydrogen-bond acceptors (Lipinski definition) is 3. The van der Waals surface area contributed by atoms with Gasteiger partial charge in [0.1, 0.15) is 0 Å². The Morgan fingerprint density at radius 3 is 2.41 bits per heavy atom. The van der Waals surface area contributed by atoms with Gasteiger partial charge in [0.05, 0.1) is 5.60 Å². The van der Waals surface area contributed by atoms with E-state index >= 15 is 0 Å². The fraction of sp³-hybridized carbons (Fsp3) is 0.929. The van der Waals surface area contributed by atoms with Crippen molar-refractivity contribution in [3.05, 3.63) is 0 Å². The first-order valence-corrected chi connectivity index (χ1v) is 7.04. The number of carbonyl (C=O) groups is 1. The van der Waals surface area contributed by atoms with Crippen LogP contribution in [0.15, 0.2) is 0 Å². The summed E-state index contributed by atoms with van der Waals surface area (Å²) >= 11 is 0. The average Bonchev–Trinajstić information content (AvgIpc) is 2.29. The minimum Gasteiger partial charge on any atom is -0.550 e. The quantitative estimate of drug-likeness (QED) is 0.814. The smallest absolute Gasteiger partial charge is 0.0730 e. The lowest BCUT2D eigenvalue weighted by Gasteiger charge is -2.45. The molecule has 0 aromatic carbocycles. The molecule has 2 fully saturated rings. The number of aliphatic carboxylic acids is 1. The summed E-state index contributed by atoms with van der Waals surface area (Å²) in [5, 5.41) is 21.5. The number of carboxylic acids is 1. The largest absolute Gasteiger partial charge is 0.550 e. The molecule has 2 aliphatic carbocycles. The zero-order valence-electron chi connectivity index (χ0n) is 10.5. The van der Waals surface area contributed by atoms with Gasteiger partial charge in [-0.2, -0.15) is 0 Å². The Bertz CT molecular complexity index is 271. The summed E-state index contributed by atoms with van der Waals surface area (Å²) in [6, 6.07) is 0. The van der Waals surface area contributed by atoms with Crippen molar-refractivity contribution >= 4 is 5.97 Å². The highest BCUT2D eigenvalue weighted by atomic mass is 16.4. The fourth-order valence-electron chi connectivity index (χ4n) is 3.93. The highest BCUT2D eigenvalue weighted by Gasteiger charge is 2.42.